The highest BCUT2D eigenvalue weighted by molar-refractivity contribution is 7.46. The van der Waals surface area contributed by atoms with E-state index >= 15 is 0 Å². The van der Waals surface area contributed by atoms with Crippen LogP contribution in [0, 0.1) is 0 Å². The standard InChI is InChI=1S/C13H29O4P.H3O4P/c1-2-3-4-5-6-7-8-9-10-11-12-13-17-18(14,15)16;1-5(2,3)4/h2-13H2,1H3,(H2,14,15,16);(H3,1,2,3,4). The molecular formula is C13H32O8P2. The van der Waals surface area contributed by atoms with Crippen molar-refractivity contribution >= 4 is 15.6 Å². The monoisotopic (exact) mass is 378 g/mol. The lowest BCUT2D eigenvalue weighted by molar-refractivity contribution is 0.193. The summed E-state index contributed by atoms with van der Waals surface area (Å²) in [5.74, 6) is 0. The predicted molar refractivity (Wildman–Crippen MR) is 88.7 cm³/mol. The summed E-state index contributed by atoms with van der Waals surface area (Å²) < 4.78 is 23.6. The molecule has 0 fully saturated rings. The Kier molecular flexibility index (Phi) is 17.4. The zero-order valence-corrected chi connectivity index (χ0v) is 15.6. The molecule has 142 valence electrons. The lowest BCUT2D eigenvalue weighted by Gasteiger charge is -2.05. The van der Waals surface area contributed by atoms with Crippen molar-refractivity contribution in [2.24, 2.45) is 0 Å². The first kappa shape index (κ1) is 25.5. The fourth-order valence-electron chi connectivity index (χ4n) is 1.95. The van der Waals surface area contributed by atoms with E-state index < -0.39 is 15.6 Å². The van der Waals surface area contributed by atoms with Crippen LogP contribution in [0.15, 0.2) is 0 Å². The average Bonchev–Trinajstić information content (AvgIpc) is 2.37. The Bertz CT molecular complexity index is 331. The van der Waals surface area contributed by atoms with Gasteiger partial charge < -0.3 is 24.5 Å². The van der Waals surface area contributed by atoms with Crippen molar-refractivity contribution in [2.45, 2.75) is 77.6 Å². The summed E-state index contributed by atoms with van der Waals surface area (Å²) in [6, 6.07) is 0. The molecule has 0 atom stereocenters. The molecule has 0 amide bonds. The van der Waals surface area contributed by atoms with Gasteiger partial charge in [0.2, 0.25) is 0 Å². The van der Waals surface area contributed by atoms with Crippen molar-refractivity contribution < 1.29 is 38.1 Å². The Morgan fingerprint density at radius 3 is 1.26 bits per heavy atom. The van der Waals surface area contributed by atoms with Crippen LogP contribution < -0.4 is 0 Å². The van der Waals surface area contributed by atoms with Crippen molar-refractivity contribution in [2.75, 3.05) is 6.61 Å². The average molecular weight is 378 g/mol. The Morgan fingerprint density at radius 1 is 0.652 bits per heavy atom. The molecule has 0 aliphatic rings. The molecular weight excluding hydrogens is 346 g/mol. The minimum Gasteiger partial charge on any atom is -0.303 e. The zero-order valence-electron chi connectivity index (χ0n) is 13.8. The molecule has 0 saturated carbocycles. The van der Waals surface area contributed by atoms with Crippen LogP contribution in [-0.4, -0.2) is 31.1 Å². The summed E-state index contributed by atoms with van der Waals surface area (Å²) in [5, 5.41) is 0. The summed E-state index contributed by atoms with van der Waals surface area (Å²) >= 11 is 0. The summed E-state index contributed by atoms with van der Waals surface area (Å²) in [5.41, 5.74) is 0. The number of hydrogen-bond acceptors (Lipinski definition) is 3. The summed E-state index contributed by atoms with van der Waals surface area (Å²) in [4.78, 5) is 38.5. The maximum Gasteiger partial charge on any atom is 0.469 e. The number of phosphoric ester groups is 1. The van der Waals surface area contributed by atoms with E-state index in [0.717, 1.165) is 19.3 Å². The Morgan fingerprint density at radius 2 is 0.957 bits per heavy atom. The van der Waals surface area contributed by atoms with Gasteiger partial charge in [-0.1, -0.05) is 71.1 Å². The predicted octanol–water partition coefficient (Wildman–Crippen LogP) is 3.48. The van der Waals surface area contributed by atoms with E-state index in [9.17, 15) is 4.57 Å². The van der Waals surface area contributed by atoms with E-state index in [1.165, 1.54) is 51.4 Å². The van der Waals surface area contributed by atoms with Crippen LogP contribution in [0.5, 0.6) is 0 Å². The second-order valence-corrected chi connectivity index (χ2v) is 7.64. The quantitative estimate of drug-likeness (QED) is 0.242. The maximum atomic E-state index is 10.4. The van der Waals surface area contributed by atoms with Crippen LogP contribution in [0.25, 0.3) is 0 Å². The van der Waals surface area contributed by atoms with Gasteiger partial charge in [0.15, 0.2) is 0 Å². The number of unbranched alkanes of at least 4 members (excludes halogenated alkanes) is 10. The van der Waals surface area contributed by atoms with Crippen LogP contribution in [0.4, 0.5) is 0 Å². The fourth-order valence-corrected chi connectivity index (χ4v) is 2.32. The fraction of sp³-hybridized carbons (Fsp3) is 1.00. The Hall–Kier alpha value is 0.220. The zero-order chi connectivity index (χ0) is 18.2. The number of phosphoric acid groups is 2. The van der Waals surface area contributed by atoms with Gasteiger partial charge in [0, 0.05) is 0 Å². The first-order valence-corrected chi connectivity index (χ1v) is 11.1. The van der Waals surface area contributed by atoms with Gasteiger partial charge >= 0.3 is 15.6 Å². The van der Waals surface area contributed by atoms with Crippen LogP contribution in [-0.2, 0) is 13.7 Å². The molecule has 23 heavy (non-hydrogen) atoms. The normalized spacial score (nSPS) is 11.9. The minimum absolute atomic E-state index is 0.168. The van der Waals surface area contributed by atoms with Crippen molar-refractivity contribution in [3.8, 4) is 0 Å². The van der Waals surface area contributed by atoms with E-state index in [1.807, 2.05) is 0 Å². The van der Waals surface area contributed by atoms with Gasteiger partial charge in [-0.25, -0.2) is 9.13 Å². The third kappa shape index (κ3) is 39.2. The van der Waals surface area contributed by atoms with Gasteiger partial charge in [0.05, 0.1) is 6.61 Å². The Labute approximate surface area is 138 Å². The molecule has 0 unspecified atom stereocenters. The molecule has 5 N–H and O–H groups in total. The van der Waals surface area contributed by atoms with E-state index in [4.69, 9.17) is 29.0 Å². The van der Waals surface area contributed by atoms with Crippen molar-refractivity contribution in [1.82, 2.24) is 0 Å². The maximum absolute atomic E-state index is 10.4. The molecule has 0 bridgehead atoms. The third-order valence-electron chi connectivity index (χ3n) is 3.01. The van der Waals surface area contributed by atoms with E-state index in [-0.39, 0.29) is 6.61 Å². The van der Waals surface area contributed by atoms with Crippen molar-refractivity contribution in [3.63, 3.8) is 0 Å². The van der Waals surface area contributed by atoms with Gasteiger partial charge in [-0.3, -0.25) is 4.52 Å². The second kappa shape index (κ2) is 15.7. The van der Waals surface area contributed by atoms with Gasteiger partial charge in [-0.15, -0.1) is 0 Å². The van der Waals surface area contributed by atoms with E-state index in [1.54, 1.807) is 0 Å². The Balaban J connectivity index is 0. The highest BCUT2D eigenvalue weighted by Crippen LogP contribution is 2.35. The second-order valence-electron chi connectivity index (χ2n) is 5.37. The first-order chi connectivity index (χ1) is 10.6. The summed E-state index contributed by atoms with van der Waals surface area (Å²) in [6.07, 6.45) is 13.5. The van der Waals surface area contributed by atoms with Crippen molar-refractivity contribution in [3.05, 3.63) is 0 Å². The third-order valence-corrected chi connectivity index (χ3v) is 3.53. The molecule has 0 spiro atoms. The molecule has 8 nitrogen and oxygen atoms in total. The van der Waals surface area contributed by atoms with Gasteiger partial charge in [-0.05, 0) is 6.42 Å². The van der Waals surface area contributed by atoms with E-state index in [2.05, 4.69) is 11.4 Å². The summed E-state index contributed by atoms with van der Waals surface area (Å²) in [6.45, 7) is 2.40. The highest BCUT2D eigenvalue weighted by Gasteiger charge is 2.12. The number of hydrogen-bond donors (Lipinski definition) is 5. The van der Waals surface area contributed by atoms with Crippen LogP contribution in [0.1, 0.15) is 77.6 Å². The van der Waals surface area contributed by atoms with Gasteiger partial charge in [0.25, 0.3) is 0 Å². The molecule has 10 heteroatoms. The molecule has 0 rings (SSSR count). The van der Waals surface area contributed by atoms with Crippen LogP contribution >= 0.6 is 15.6 Å². The van der Waals surface area contributed by atoms with Crippen LogP contribution in [0.2, 0.25) is 0 Å². The molecule has 0 aromatic heterocycles. The lowest BCUT2D eigenvalue weighted by atomic mass is 10.1. The topological polar surface area (TPSA) is 145 Å². The van der Waals surface area contributed by atoms with Gasteiger partial charge in [-0.2, -0.15) is 0 Å². The van der Waals surface area contributed by atoms with Crippen LogP contribution in [0.3, 0.4) is 0 Å². The molecule has 0 aromatic carbocycles. The van der Waals surface area contributed by atoms with Crippen molar-refractivity contribution in [1.29, 1.82) is 0 Å². The van der Waals surface area contributed by atoms with Gasteiger partial charge in [0.1, 0.15) is 0 Å². The molecule has 0 heterocycles. The molecule has 0 aromatic rings. The lowest BCUT2D eigenvalue weighted by Crippen LogP contribution is -1.92. The number of rotatable bonds is 13. The SMILES string of the molecule is CCCCCCCCCCCCCOP(=O)(O)O.O=P(O)(O)O. The molecule has 0 aliphatic heterocycles. The minimum atomic E-state index is -4.64. The highest BCUT2D eigenvalue weighted by atomic mass is 31.2. The first-order valence-electron chi connectivity index (χ1n) is 8.04. The molecule has 0 aliphatic carbocycles. The largest absolute Gasteiger partial charge is 0.469 e. The molecule has 0 saturated heterocycles. The summed E-state index contributed by atoms with van der Waals surface area (Å²) in [7, 11) is -8.88. The van der Waals surface area contributed by atoms with E-state index in [0.29, 0.717) is 0 Å². The smallest absolute Gasteiger partial charge is 0.303 e. The molecule has 0 radical (unpaired) electrons.